The van der Waals surface area contributed by atoms with Gasteiger partial charge in [0.1, 0.15) is 4.75 Å². The Hall–Kier alpha value is -2.17. The van der Waals surface area contributed by atoms with Gasteiger partial charge in [-0.25, -0.2) is 17.4 Å². The average molecular weight is 603 g/mol. The lowest BCUT2D eigenvalue weighted by Gasteiger charge is -2.36. The molecule has 8 heteroatoms. The number of anilines is 1. The van der Waals surface area contributed by atoms with E-state index < -0.39 is 14.8 Å². The number of hydrogen-bond donors (Lipinski definition) is 0. The Morgan fingerprint density at radius 1 is 1.06 bits per heavy atom. The number of piperazine rings is 1. The summed E-state index contributed by atoms with van der Waals surface area (Å²) in [5.41, 5.74) is 6.23. The van der Waals surface area contributed by atoms with Gasteiger partial charge in [-0.3, -0.25) is 0 Å². The molecule has 184 valence electrons. The number of nitrogens with zero attached hydrogens (tertiary/aromatic N) is 4. The molecule has 0 bridgehead atoms. The van der Waals surface area contributed by atoms with Crippen LogP contribution in [0.15, 0.2) is 58.5 Å². The molecule has 0 radical (unpaired) electrons. The predicted molar refractivity (Wildman–Crippen MR) is 153 cm³/mol. The molecule has 0 N–H and O–H groups in total. The summed E-state index contributed by atoms with van der Waals surface area (Å²) in [5.74, 6) is 0. The first-order valence-corrected chi connectivity index (χ1v) is 14.4. The van der Waals surface area contributed by atoms with Gasteiger partial charge < -0.3 is 9.80 Å². The van der Waals surface area contributed by atoms with E-state index in [-0.39, 0.29) is 0 Å². The van der Waals surface area contributed by atoms with Gasteiger partial charge in [-0.2, -0.15) is 0 Å². The SMILES string of the molecule is Cc1cc(C2=CC(C)(S(=O)(=O)n3ccc4cccnc43)CC(I)=C2)cc(C)c1N1CCN(C)CC1. The molecule has 0 spiro atoms. The molecule has 0 amide bonds. The summed E-state index contributed by atoms with van der Waals surface area (Å²) in [6.45, 7) is 10.3. The van der Waals surface area contributed by atoms with Crippen LogP contribution in [0, 0.1) is 13.8 Å². The number of hydrogen-bond acceptors (Lipinski definition) is 5. The summed E-state index contributed by atoms with van der Waals surface area (Å²) in [6.07, 6.45) is 7.74. The summed E-state index contributed by atoms with van der Waals surface area (Å²) in [5, 5.41) is 0.815. The number of likely N-dealkylation sites (N-methyl/N-ethyl adjacent to an activating group) is 1. The fourth-order valence-electron chi connectivity index (χ4n) is 5.32. The van der Waals surface area contributed by atoms with Gasteiger partial charge >= 0.3 is 0 Å². The lowest BCUT2D eigenvalue weighted by Crippen LogP contribution is -2.45. The Labute approximate surface area is 221 Å². The van der Waals surface area contributed by atoms with Crippen LogP contribution < -0.4 is 4.90 Å². The molecule has 1 fully saturated rings. The van der Waals surface area contributed by atoms with Crippen LogP contribution in [0.2, 0.25) is 0 Å². The summed E-state index contributed by atoms with van der Waals surface area (Å²) in [7, 11) is -1.58. The summed E-state index contributed by atoms with van der Waals surface area (Å²) in [6, 6.07) is 9.93. The molecule has 35 heavy (non-hydrogen) atoms. The smallest absolute Gasteiger partial charge is 0.249 e. The molecule has 0 saturated carbocycles. The minimum absolute atomic E-state index is 0.434. The third kappa shape index (κ3) is 4.34. The van der Waals surface area contributed by atoms with Crippen LogP contribution in [-0.2, 0) is 10.0 Å². The molecule has 5 rings (SSSR count). The van der Waals surface area contributed by atoms with Crippen LogP contribution in [0.25, 0.3) is 16.6 Å². The lowest BCUT2D eigenvalue weighted by molar-refractivity contribution is 0.312. The predicted octanol–water partition coefficient (Wildman–Crippen LogP) is 5.15. The Morgan fingerprint density at radius 3 is 2.43 bits per heavy atom. The van der Waals surface area contributed by atoms with Crippen molar-refractivity contribution in [3.05, 3.63) is 75.1 Å². The first-order valence-electron chi connectivity index (χ1n) is 11.9. The van der Waals surface area contributed by atoms with Crippen molar-refractivity contribution in [2.24, 2.45) is 0 Å². The number of rotatable bonds is 4. The molecule has 1 aliphatic carbocycles. The van der Waals surface area contributed by atoms with Gasteiger partial charge in [0.05, 0.1) is 0 Å². The van der Waals surface area contributed by atoms with Gasteiger partial charge in [-0.05, 0) is 113 Å². The Bertz CT molecular complexity index is 1440. The molecule has 2 aromatic heterocycles. The second kappa shape index (κ2) is 9.05. The topological polar surface area (TPSA) is 58.4 Å². The van der Waals surface area contributed by atoms with E-state index in [4.69, 9.17) is 0 Å². The molecule has 1 atom stereocenters. The van der Waals surface area contributed by atoms with E-state index in [1.807, 2.05) is 25.1 Å². The minimum atomic E-state index is -3.75. The zero-order valence-electron chi connectivity index (χ0n) is 20.6. The summed E-state index contributed by atoms with van der Waals surface area (Å²) in [4.78, 5) is 9.19. The first-order chi connectivity index (χ1) is 16.6. The maximum Gasteiger partial charge on any atom is 0.249 e. The average Bonchev–Trinajstić information content (AvgIpc) is 3.24. The van der Waals surface area contributed by atoms with E-state index in [1.165, 1.54) is 20.8 Å². The zero-order valence-corrected chi connectivity index (χ0v) is 23.6. The van der Waals surface area contributed by atoms with Crippen molar-refractivity contribution in [1.29, 1.82) is 0 Å². The van der Waals surface area contributed by atoms with Gasteiger partial charge in [-0.15, -0.1) is 0 Å². The van der Waals surface area contributed by atoms with E-state index in [0.717, 1.165) is 46.3 Å². The van der Waals surface area contributed by atoms with Crippen molar-refractivity contribution in [2.75, 3.05) is 38.1 Å². The van der Waals surface area contributed by atoms with Crippen LogP contribution in [0.1, 0.15) is 30.0 Å². The largest absolute Gasteiger partial charge is 0.369 e. The minimum Gasteiger partial charge on any atom is -0.369 e. The summed E-state index contributed by atoms with van der Waals surface area (Å²) < 4.78 is 29.2. The van der Waals surface area contributed by atoms with Crippen molar-refractivity contribution >= 4 is 54.9 Å². The molecular formula is C27H31IN4O2S. The standard InChI is InChI=1S/C27H31IN4O2S/c1-19-14-22(15-20(2)25(19)31-12-10-30(4)11-13-31)23-16-24(28)18-27(3,17-23)35(33,34)32-9-7-21-6-5-8-29-26(21)32/h5-9,14-17H,10-13,18H2,1-4H3. The van der Waals surface area contributed by atoms with E-state index in [1.54, 1.807) is 18.5 Å². The van der Waals surface area contributed by atoms with E-state index in [0.29, 0.717) is 12.1 Å². The van der Waals surface area contributed by atoms with Crippen molar-refractivity contribution in [3.8, 4) is 0 Å². The Morgan fingerprint density at radius 2 is 1.74 bits per heavy atom. The maximum atomic E-state index is 14.0. The fraction of sp³-hybridized carbons (Fsp3) is 0.370. The molecule has 3 heterocycles. The third-order valence-electron chi connectivity index (χ3n) is 7.20. The molecule has 1 unspecified atom stereocenters. The van der Waals surface area contributed by atoms with Gasteiger partial charge in [0.25, 0.3) is 0 Å². The fourth-order valence-corrected chi connectivity index (χ4v) is 8.37. The number of aryl methyl sites for hydroxylation is 2. The lowest BCUT2D eigenvalue weighted by atomic mass is 9.90. The second-order valence-electron chi connectivity index (χ2n) is 9.96. The van der Waals surface area contributed by atoms with Crippen molar-refractivity contribution < 1.29 is 8.42 Å². The van der Waals surface area contributed by atoms with Crippen molar-refractivity contribution in [2.45, 2.75) is 31.9 Å². The second-order valence-corrected chi connectivity index (χ2v) is 13.6. The third-order valence-corrected chi connectivity index (χ3v) is 10.1. The molecule has 3 aromatic rings. The van der Waals surface area contributed by atoms with Crippen LogP contribution in [0.4, 0.5) is 5.69 Å². The number of fused-ring (bicyclic) bond motifs is 1. The molecule has 1 aliphatic heterocycles. The highest BCUT2D eigenvalue weighted by atomic mass is 127. The number of halogens is 1. The quantitative estimate of drug-likeness (QED) is 0.387. The molecule has 1 aromatic carbocycles. The van der Waals surface area contributed by atoms with Gasteiger partial charge in [0.2, 0.25) is 10.0 Å². The van der Waals surface area contributed by atoms with Crippen molar-refractivity contribution in [3.63, 3.8) is 0 Å². The monoisotopic (exact) mass is 602 g/mol. The maximum absolute atomic E-state index is 14.0. The molecule has 2 aliphatic rings. The van der Waals surface area contributed by atoms with Crippen molar-refractivity contribution in [1.82, 2.24) is 13.9 Å². The van der Waals surface area contributed by atoms with E-state index >= 15 is 0 Å². The molecular weight excluding hydrogens is 571 g/mol. The van der Waals surface area contributed by atoms with E-state index in [2.05, 4.69) is 76.5 Å². The Balaban J connectivity index is 1.55. The highest BCUT2D eigenvalue weighted by Gasteiger charge is 2.42. The van der Waals surface area contributed by atoms with Crippen LogP contribution >= 0.6 is 22.6 Å². The zero-order chi connectivity index (χ0) is 25.0. The first kappa shape index (κ1) is 24.5. The normalized spacial score (nSPS) is 21.8. The van der Waals surface area contributed by atoms with Crippen LogP contribution in [-0.4, -0.2) is 60.2 Å². The Kier molecular flexibility index (Phi) is 6.34. The molecule has 6 nitrogen and oxygen atoms in total. The highest BCUT2D eigenvalue weighted by molar-refractivity contribution is 14.1. The number of pyridine rings is 1. The highest BCUT2D eigenvalue weighted by Crippen LogP contribution is 2.41. The summed E-state index contributed by atoms with van der Waals surface area (Å²) >= 11 is 2.28. The van der Waals surface area contributed by atoms with E-state index in [9.17, 15) is 8.42 Å². The van der Waals surface area contributed by atoms with Crippen LogP contribution in [0.5, 0.6) is 0 Å². The number of allylic oxidation sites excluding steroid dienone is 3. The van der Waals surface area contributed by atoms with Gasteiger partial charge in [0.15, 0.2) is 5.65 Å². The van der Waals surface area contributed by atoms with Gasteiger partial charge in [0, 0.05) is 56.1 Å². The van der Waals surface area contributed by atoms with Crippen LogP contribution in [0.3, 0.4) is 0 Å². The number of aromatic nitrogens is 2. The number of benzene rings is 1. The molecule has 1 saturated heterocycles. The van der Waals surface area contributed by atoms with Gasteiger partial charge in [-0.1, -0.05) is 6.08 Å².